The standard InChI is InChI=1S/C17H23N3S/c1-3-18-17(20-13-15-8-5-4-6-9-15)19-12-14(2)16-10-7-11-21-16/h4-11,14H,3,12-13H2,1-2H3,(H2,18,19,20). The van der Waals surface area contributed by atoms with E-state index in [1.165, 1.54) is 10.4 Å². The molecule has 1 atom stereocenters. The molecule has 112 valence electrons. The van der Waals surface area contributed by atoms with Crippen LogP contribution in [0.3, 0.4) is 0 Å². The fraction of sp³-hybridized carbons (Fsp3) is 0.353. The summed E-state index contributed by atoms with van der Waals surface area (Å²) >= 11 is 1.81. The first-order valence-electron chi connectivity index (χ1n) is 7.39. The van der Waals surface area contributed by atoms with Gasteiger partial charge in [0.2, 0.25) is 0 Å². The minimum atomic E-state index is 0.491. The first kappa shape index (κ1) is 15.6. The van der Waals surface area contributed by atoms with Crippen LogP contribution in [0.2, 0.25) is 0 Å². The Hall–Kier alpha value is -1.81. The zero-order valence-corrected chi connectivity index (χ0v) is 13.5. The van der Waals surface area contributed by atoms with Crippen LogP contribution in [0.1, 0.15) is 30.2 Å². The van der Waals surface area contributed by atoms with E-state index < -0.39 is 0 Å². The Morgan fingerprint density at radius 1 is 1.14 bits per heavy atom. The molecule has 2 N–H and O–H groups in total. The Balaban J connectivity index is 1.89. The lowest BCUT2D eigenvalue weighted by Crippen LogP contribution is -2.39. The van der Waals surface area contributed by atoms with Crippen LogP contribution in [0.15, 0.2) is 52.8 Å². The van der Waals surface area contributed by atoms with E-state index in [1.54, 1.807) is 11.3 Å². The summed E-state index contributed by atoms with van der Waals surface area (Å²) in [6.07, 6.45) is 0. The van der Waals surface area contributed by atoms with Gasteiger partial charge in [-0.3, -0.25) is 0 Å². The zero-order valence-electron chi connectivity index (χ0n) is 12.7. The predicted molar refractivity (Wildman–Crippen MR) is 92.0 cm³/mol. The summed E-state index contributed by atoms with van der Waals surface area (Å²) < 4.78 is 0. The number of nitrogens with zero attached hydrogens (tertiary/aromatic N) is 1. The molecular weight excluding hydrogens is 278 g/mol. The van der Waals surface area contributed by atoms with Gasteiger partial charge < -0.3 is 10.6 Å². The molecule has 0 fully saturated rings. The van der Waals surface area contributed by atoms with Gasteiger partial charge in [0.15, 0.2) is 5.96 Å². The molecule has 0 spiro atoms. The summed E-state index contributed by atoms with van der Waals surface area (Å²) in [5.74, 6) is 1.37. The highest BCUT2D eigenvalue weighted by Gasteiger charge is 2.07. The predicted octanol–water partition coefficient (Wildman–Crippen LogP) is 3.61. The van der Waals surface area contributed by atoms with Crippen LogP contribution in [-0.2, 0) is 6.54 Å². The molecule has 2 rings (SSSR count). The normalized spacial score (nSPS) is 13.0. The number of guanidine groups is 1. The Morgan fingerprint density at radius 3 is 2.62 bits per heavy atom. The molecule has 1 heterocycles. The van der Waals surface area contributed by atoms with Crippen molar-refractivity contribution in [3.8, 4) is 0 Å². The third-order valence-electron chi connectivity index (χ3n) is 3.21. The van der Waals surface area contributed by atoms with Crippen LogP contribution in [0.5, 0.6) is 0 Å². The minimum Gasteiger partial charge on any atom is -0.357 e. The van der Waals surface area contributed by atoms with Crippen LogP contribution >= 0.6 is 11.3 Å². The van der Waals surface area contributed by atoms with E-state index in [0.717, 1.165) is 19.0 Å². The van der Waals surface area contributed by atoms with Crippen molar-refractivity contribution in [2.45, 2.75) is 26.3 Å². The van der Waals surface area contributed by atoms with E-state index in [4.69, 9.17) is 0 Å². The quantitative estimate of drug-likeness (QED) is 0.632. The summed E-state index contributed by atoms with van der Waals surface area (Å²) in [4.78, 5) is 6.04. The van der Waals surface area contributed by atoms with Crippen molar-refractivity contribution in [3.05, 3.63) is 58.3 Å². The van der Waals surface area contributed by atoms with Crippen LogP contribution in [0.25, 0.3) is 0 Å². The number of hydrogen-bond acceptors (Lipinski definition) is 2. The second-order valence-corrected chi connectivity index (χ2v) is 5.96. The van der Waals surface area contributed by atoms with Crippen molar-refractivity contribution in [2.24, 2.45) is 4.99 Å². The number of aliphatic imine (C=N–C) groups is 1. The molecule has 4 heteroatoms. The van der Waals surface area contributed by atoms with Crippen LogP contribution < -0.4 is 10.6 Å². The molecule has 2 aromatic rings. The largest absolute Gasteiger partial charge is 0.357 e. The maximum absolute atomic E-state index is 4.63. The highest BCUT2D eigenvalue weighted by molar-refractivity contribution is 7.10. The summed E-state index contributed by atoms with van der Waals surface area (Å²) in [5.41, 5.74) is 1.22. The lowest BCUT2D eigenvalue weighted by atomic mass is 10.1. The number of hydrogen-bond donors (Lipinski definition) is 2. The van der Waals surface area contributed by atoms with E-state index in [-0.39, 0.29) is 0 Å². The molecule has 1 unspecified atom stereocenters. The maximum Gasteiger partial charge on any atom is 0.191 e. The molecule has 0 aliphatic rings. The van der Waals surface area contributed by atoms with Gasteiger partial charge in [0.05, 0.1) is 6.54 Å². The van der Waals surface area contributed by atoms with E-state index >= 15 is 0 Å². The SMILES string of the molecule is CCNC(=NCc1ccccc1)NCC(C)c1cccs1. The second kappa shape index (κ2) is 8.47. The van der Waals surface area contributed by atoms with Gasteiger partial charge in [-0.2, -0.15) is 0 Å². The van der Waals surface area contributed by atoms with Gasteiger partial charge in [-0.25, -0.2) is 4.99 Å². The minimum absolute atomic E-state index is 0.491. The van der Waals surface area contributed by atoms with Gasteiger partial charge in [0.1, 0.15) is 0 Å². The smallest absolute Gasteiger partial charge is 0.191 e. The first-order valence-corrected chi connectivity index (χ1v) is 8.27. The van der Waals surface area contributed by atoms with Gasteiger partial charge >= 0.3 is 0 Å². The highest BCUT2D eigenvalue weighted by atomic mass is 32.1. The zero-order chi connectivity index (χ0) is 14.9. The molecule has 0 saturated heterocycles. The maximum atomic E-state index is 4.63. The molecule has 3 nitrogen and oxygen atoms in total. The van der Waals surface area contributed by atoms with Crippen LogP contribution in [0.4, 0.5) is 0 Å². The molecule has 0 amide bonds. The molecule has 0 bridgehead atoms. The lowest BCUT2D eigenvalue weighted by molar-refractivity contribution is 0.709. The summed E-state index contributed by atoms with van der Waals surface area (Å²) in [6.45, 7) is 6.78. The van der Waals surface area contributed by atoms with E-state index in [0.29, 0.717) is 12.5 Å². The summed E-state index contributed by atoms with van der Waals surface area (Å²) in [6, 6.07) is 14.6. The molecule has 0 aliphatic carbocycles. The van der Waals surface area contributed by atoms with Gasteiger partial charge in [0, 0.05) is 23.9 Å². The van der Waals surface area contributed by atoms with Crippen LogP contribution in [0, 0.1) is 0 Å². The molecule has 0 saturated carbocycles. The molecule has 0 aliphatic heterocycles. The highest BCUT2D eigenvalue weighted by Crippen LogP contribution is 2.19. The van der Waals surface area contributed by atoms with Crippen molar-refractivity contribution in [1.29, 1.82) is 0 Å². The third kappa shape index (κ3) is 5.23. The number of nitrogens with one attached hydrogen (secondary N) is 2. The van der Waals surface area contributed by atoms with Gasteiger partial charge in [-0.1, -0.05) is 43.3 Å². The van der Waals surface area contributed by atoms with Crippen molar-refractivity contribution in [3.63, 3.8) is 0 Å². The first-order chi connectivity index (χ1) is 10.3. The van der Waals surface area contributed by atoms with E-state index in [9.17, 15) is 0 Å². The Labute approximate surface area is 131 Å². The molecular formula is C17H23N3S. The molecule has 1 aromatic carbocycles. The van der Waals surface area contributed by atoms with Gasteiger partial charge in [-0.05, 0) is 23.9 Å². The molecule has 21 heavy (non-hydrogen) atoms. The lowest BCUT2D eigenvalue weighted by Gasteiger charge is -2.15. The third-order valence-corrected chi connectivity index (χ3v) is 4.32. The Bertz CT molecular complexity index is 534. The number of benzene rings is 1. The van der Waals surface area contributed by atoms with Crippen molar-refractivity contribution >= 4 is 17.3 Å². The fourth-order valence-electron chi connectivity index (χ4n) is 2.02. The second-order valence-electron chi connectivity index (χ2n) is 4.98. The van der Waals surface area contributed by atoms with Crippen molar-refractivity contribution < 1.29 is 0 Å². The van der Waals surface area contributed by atoms with E-state index in [2.05, 4.69) is 59.1 Å². The van der Waals surface area contributed by atoms with Gasteiger partial charge in [0.25, 0.3) is 0 Å². The van der Waals surface area contributed by atoms with Gasteiger partial charge in [-0.15, -0.1) is 11.3 Å². The average Bonchev–Trinajstić information content (AvgIpc) is 3.05. The summed E-state index contributed by atoms with van der Waals surface area (Å²) in [5, 5.41) is 8.85. The van der Waals surface area contributed by atoms with Crippen molar-refractivity contribution in [1.82, 2.24) is 10.6 Å². The monoisotopic (exact) mass is 301 g/mol. The Morgan fingerprint density at radius 2 is 1.95 bits per heavy atom. The Kier molecular flexibility index (Phi) is 6.28. The van der Waals surface area contributed by atoms with Crippen LogP contribution in [-0.4, -0.2) is 19.0 Å². The van der Waals surface area contributed by atoms with Crippen molar-refractivity contribution in [2.75, 3.05) is 13.1 Å². The molecule has 0 radical (unpaired) electrons. The summed E-state index contributed by atoms with van der Waals surface area (Å²) in [7, 11) is 0. The number of thiophene rings is 1. The fourth-order valence-corrected chi connectivity index (χ4v) is 2.80. The number of rotatable bonds is 6. The average molecular weight is 301 g/mol. The molecule has 1 aromatic heterocycles. The van der Waals surface area contributed by atoms with E-state index in [1.807, 2.05) is 18.2 Å². The topological polar surface area (TPSA) is 36.4 Å².